The van der Waals surface area contributed by atoms with Crippen molar-refractivity contribution in [2.75, 3.05) is 0 Å². The molecule has 0 saturated carbocycles. The summed E-state index contributed by atoms with van der Waals surface area (Å²) in [5.74, 6) is 1.18. The van der Waals surface area contributed by atoms with E-state index in [0.717, 1.165) is 34.0 Å². The molecule has 5 aromatic carbocycles. The van der Waals surface area contributed by atoms with Gasteiger partial charge in [-0.2, -0.15) is 0 Å². The number of rotatable bonds is 2. The molecule has 3 heterocycles. The number of hydrogen-bond donors (Lipinski definition) is 0. The van der Waals surface area contributed by atoms with E-state index < -0.39 is 0 Å². The topological polar surface area (TPSA) is 30.7 Å². The third-order valence-corrected chi connectivity index (χ3v) is 10.5. The first kappa shape index (κ1) is 24.2. The molecule has 2 unspecified atom stereocenters. The van der Waals surface area contributed by atoms with Gasteiger partial charge < -0.3 is 0 Å². The van der Waals surface area contributed by atoms with E-state index in [1.807, 2.05) is 11.3 Å². The Balaban J connectivity index is 1.41. The van der Waals surface area contributed by atoms with Gasteiger partial charge in [-0.1, -0.05) is 127 Å². The van der Waals surface area contributed by atoms with Crippen molar-refractivity contribution in [2.45, 2.75) is 5.92 Å². The Morgan fingerprint density at radius 3 is 2.18 bits per heavy atom. The lowest BCUT2D eigenvalue weighted by Crippen LogP contribution is -2.18. The number of nitrogens with zero attached hydrogens (tertiary/aromatic N) is 3. The highest BCUT2D eigenvalue weighted by molar-refractivity contribution is 7.27. The van der Waals surface area contributed by atoms with Crippen LogP contribution in [0.5, 0.6) is 0 Å². The standard InChI is InChI=1S/C40H25N3S/c1-2-13-25(14-3-1)36-31-23-22-24-12-4-5-15-26(24)37(31)42-40(41-36)43-32-20-10-8-18-29(32)34-27-16-6-7-17-28(27)35-30-19-9-11-21-33(30)44-39(35)38(34)43/h1-24,26H. The van der Waals surface area contributed by atoms with E-state index in [9.17, 15) is 0 Å². The molecule has 4 heteroatoms. The SMILES string of the molecule is C1=CC2C=Cc3c(-c4ccccc4)nc(-n4c5ccccc5c5c6ccccc6c6c7ccccc7sc6c54)nc3C2C=C1. The smallest absolute Gasteiger partial charge is 0.235 e. The summed E-state index contributed by atoms with van der Waals surface area (Å²) in [6.45, 7) is 0. The Bertz CT molecular complexity index is 2560. The zero-order chi connectivity index (χ0) is 28.8. The molecular formula is C40H25N3S. The van der Waals surface area contributed by atoms with Crippen LogP contribution in [0.4, 0.5) is 0 Å². The molecule has 0 spiro atoms. The van der Waals surface area contributed by atoms with Gasteiger partial charge in [0.25, 0.3) is 0 Å². The van der Waals surface area contributed by atoms with E-state index in [4.69, 9.17) is 9.97 Å². The number of para-hydroxylation sites is 1. The Morgan fingerprint density at radius 2 is 1.32 bits per heavy atom. The van der Waals surface area contributed by atoms with Crippen molar-refractivity contribution in [1.29, 1.82) is 0 Å². The highest BCUT2D eigenvalue weighted by Gasteiger charge is 2.30. The molecule has 3 aromatic heterocycles. The molecule has 0 saturated heterocycles. The van der Waals surface area contributed by atoms with Crippen molar-refractivity contribution in [1.82, 2.24) is 14.5 Å². The fraction of sp³-hybridized carbons (Fsp3) is 0.0500. The van der Waals surface area contributed by atoms with Crippen LogP contribution < -0.4 is 0 Å². The van der Waals surface area contributed by atoms with Gasteiger partial charge in [0.2, 0.25) is 5.95 Å². The van der Waals surface area contributed by atoms with Gasteiger partial charge in [0.15, 0.2) is 0 Å². The van der Waals surface area contributed by atoms with Gasteiger partial charge in [0.05, 0.1) is 27.1 Å². The summed E-state index contributed by atoms with van der Waals surface area (Å²) < 4.78 is 4.91. The molecule has 3 nitrogen and oxygen atoms in total. The first-order valence-corrected chi connectivity index (χ1v) is 15.9. The van der Waals surface area contributed by atoms with Crippen LogP contribution in [0, 0.1) is 5.92 Å². The highest BCUT2D eigenvalue weighted by atomic mass is 32.1. The van der Waals surface area contributed by atoms with Crippen molar-refractivity contribution < 1.29 is 0 Å². The van der Waals surface area contributed by atoms with Gasteiger partial charge in [-0.25, -0.2) is 9.97 Å². The molecule has 2 aliphatic rings. The molecule has 0 aliphatic heterocycles. The second-order valence-corrected chi connectivity index (χ2v) is 12.7. The second-order valence-electron chi connectivity index (χ2n) is 11.7. The second kappa shape index (κ2) is 9.09. The average molecular weight is 580 g/mol. The van der Waals surface area contributed by atoms with Crippen LogP contribution in [0.3, 0.4) is 0 Å². The van der Waals surface area contributed by atoms with Gasteiger partial charge in [0, 0.05) is 49.2 Å². The zero-order valence-corrected chi connectivity index (χ0v) is 24.5. The highest BCUT2D eigenvalue weighted by Crippen LogP contribution is 2.48. The van der Waals surface area contributed by atoms with E-state index in [-0.39, 0.29) is 11.8 Å². The molecule has 44 heavy (non-hydrogen) atoms. The van der Waals surface area contributed by atoms with E-state index in [0.29, 0.717) is 0 Å². The summed E-state index contributed by atoms with van der Waals surface area (Å²) in [5.41, 5.74) is 6.58. The number of hydrogen-bond acceptors (Lipinski definition) is 3. The Labute approximate surface area is 257 Å². The maximum Gasteiger partial charge on any atom is 0.235 e. The molecule has 0 radical (unpaired) electrons. The monoisotopic (exact) mass is 579 g/mol. The lowest BCUT2D eigenvalue weighted by Gasteiger charge is -2.28. The van der Waals surface area contributed by atoms with Crippen LogP contribution in [0.1, 0.15) is 17.2 Å². The van der Waals surface area contributed by atoms with E-state index in [1.165, 1.54) is 47.2 Å². The zero-order valence-electron chi connectivity index (χ0n) is 23.7. The van der Waals surface area contributed by atoms with Crippen molar-refractivity contribution in [2.24, 2.45) is 5.92 Å². The first-order valence-electron chi connectivity index (χ1n) is 15.1. The minimum absolute atomic E-state index is 0.169. The molecule has 0 N–H and O–H groups in total. The average Bonchev–Trinajstić information content (AvgIpc) is 3.65. The molecule has 0 fully saturated rings. The van der Waals surface area contributed by atoms with Crippen molar-refractivity contribution in [3.05, 3.63) is 145 Å². The summed E-state index contributed by atoms with van der Waals surface area (Å²) in [6.07, 6.45) is 13.4. The van der Waals surface area contributed by atoms with Crippen LogP contribution in [-0.4, -0.2) is 14.5 Å². The maximum atomic E-state index is 5.49. The molecule has 0 bridgehead atoms. The molecule has 2 atom stereocenters. The third-order valence-electron chi connectivity index (χ3n) is 9.34. The molecule has 10 rings (SSSR count). The maximum absolute atomic E-state index is 5.49. The normalized spacial score (nSPS) is 17.3. The first-order chi connectivity index (χ1) is 21.8. The fourth-order valence-corrected chi connectivity index (χ4v) is 8.69. The van der Waals surface area contributed by atoms with Crippen molar-refractivity contribution >= 4 is 70.2 Å². The molecular weight excluding hydrogens is 555 g/mol. The third kappa shape index (κ3) is 3.26. The predicted octanol–water partition coefficient (Wildman–Crippen LogP) is 10.6. The number of allylic oxidation sites excluding steroid dienone is 5. The number of aromatic nitrogens is 3. The van der Waals surface area contributed by atoms with Crippen LogP contribution in [0.15, 0.2) is 134 Å². The van der Waals surface area contributed by atoms with Crippen LogP contribution in [0.2, 0.25) is 0 Å². The van der Waals surface area contributed by atoms with E-state index in [2.05, 4.69) is 144 Å². The summed E-state index contributed by atoms with van der Waals surface area (Å²) in [6, 6.07) is 37.0. The summed E-state index contributed by atoms with van der Waals surface area (Å²) in [4.78, 5) is 10.9. The van der Waals surface area contributed by atoms with E-state index >= 15 is 0 Å². The fourth-order valence-electron chi connectivity index (χ4n) is 7.43. The molecule has 206 valence electrons. The summed E-state index contributed by atoms with van der Waals surface area (Å²) in [5, 5.41) is 7.64. The number of thiophene rings is 1. The van der Waals surface area contributed by atoms with Gasteiger partial charge in [-0.3, -0.25) is 4.57 Å². The van der Waals surface area contributed by atoms with Gasteiger partial charge in [-0.15, -0.1) is 11.3 Å². The lowest BCUT2D eigenvalue weighted by molar-refractivity contribution is 0.665. The molecule has 0 amide bonds. The van der Waals surface area contributed by atoms with Gasteiger partial charge in [-0.05, 0) is 22.9 Å². The minimum Gasteiger partial charge on any atom is -0.276 e. The Kier molecular flexibility index (Phi) is 4.99. The Morgan fingerprint density at radius 1 is 0.614 bits per heavy atom. The van der Waals surface area contributed by atoms with Crippen molar-refractivity contribution in [3.8, 4) is 17.2 Å². The largest absolute Gasteiger partial charge is 0.276 e. The van der Waals surface area contributed by atoms with Crippen LogP contribution in [0.25, 0.3) is 76.0 Å². The minimum atomic E-state index is 0.169. The van der Waals surface area contributed by atoms with Gasteiger partial charge in [0.1, 0.15) is 0 Å². The molecule has 2 aliphatic carbocycles. The van der Waals surface area contributed by atoms with Crippen LogP contribution in [-0.2, 0) is 0 Å². The number of fused-ring (bicyclic) bond motifs is 13. The van der Waals surface area contributed by atoms with Crippen LogP contribution >= 0.6 is 11.3 Å². The lowest BCUT2D eigenvalue weighted by atomic mass is 9.79. The number of benzene rings is 5. The summed E-state index contributed by atoms with van der Waals surface area (Å²) in [7, 11) is 0. The summed E-state index contributed by atoms with van der Waals surface area (Å²) >= 11 is 1.87. The predicted molar refractivity (Wildman–Crippen MR) is 186 cm³/mol. The van der Waals surface area contributed by atoms with Gasteiger partial charge >= 0.3 is 0 Å². The van der Waals surface area contributed by atoms with Crippen molar-refractivity contribution in [3.63, 3.8) is 0 Å². The quantitative estimate of drug-likeness (QED) is 0.204. The van der Waals surface area contributed by atoms with E-state index in [1.54, 1.807) is 0 Å². The molecule has 8 aromatic rings. The Hall–Kier alpha value is -5.32.